The van der Waals surface area contributed by atoms with Crippen LogP contribution >= 0.6 is 11.6 Å². The van der Waals surface area contributed by atoms with Crippen molar-refractivity contribution < 1.29 is 27.4 Å². The number of nitrogens with zero attached hydrogens (tertiary/aromatic N) is 1. The van der Waals surface area contributed by atoms with Crippen molar-refractivity contribution in [1.82, 2.24) is 10.3 Å². The summed E-state index contributed by atoms with van der Waals surface area (Å²) in [7, 11) is 0. The van der Waals surface area contributed by atoms with Crippen LogP contribution in [0.2, 0.25) is 5.02 Å². The SMILES string of the molecule is O=C(NCC1COCCO1)c1cnc(Nc2cccc(Cl)c2)cc1C(F)(F)F. The van der Waals surface area contributed by atoms with Gasteiger partial charge in [-0.3, -0.25) is 4.79 Å². The Morgan fingerprint density at radius 1 is 1.29 bits per heavy atom. The van der Waals surface area contributed by atoms with Crippen molar-refractivity contribution in [2.75, 3.05) is 31.7 Å². The maximum Gasteiger partial charge on any atom is 0.417 e. The van der Waals surface area contributed by atoms with Gasteiger partial charge < -0.3 is 20.1 Å². The maximum atomic E-state index is 13.5. The number of nitrogens with one attached hydrogen (secondary N) is 2. The van der Waals surface area contributed by atoms with Crippen molar-refractivity contribution in [3.8, 4) is 0 Å². The van der Waals surface area contributed by atoms with Crippen LogP contribution < -0.4 is 10.6 Å². The molecule has 1 atom stereocenters. The molecule has 0 bridgehead atoms. The topological polar surface area (TPSA) is 72.5 Å². The molecule has 2 aromatic rings. The average molecular weight is 416 g/mol. The zero-order valence-corrected chi connectivity index (χ0v) is 15.3. The number of halogens is 4. The number of ether oxygens (including phenoxy) is 2. The molecular formula is C18H17ClF3N3O3. The number of hydrogen-bond donors (Lipinski definition) is 2. The zero-order chi connectivity index (χ0) is 20.1. The number of hydrogen-bond acceptors (Lipinski definition) is 5. The van der Waals surface area contributed by atoms with E-state index in [9.17, 15) is 18.0 Å². The molecule has 10 heteroatoms. The first kappa shape index (κ1) is 20.4. The molecule has 3 rings (SSSR count). The monoisotopic (exact) mass is 415 g/mol. The van der Waals surface area contributed by atoms with Crippen LogP contribution in [0.15, 0.2) is 36.5 Å². The Hall–Kier alpha value is -2.36. The van der Waals surface area contributed by atoms with Crippen molar-refractivity contribution in [2.24, 2.45) is 0 Å². The van der Waals surface area contributed by atoms with Gasteiger partial charge in [-0.1, -0.05) is 17.7 Å². The van der Waals surface area contributed by atoms with Crippen LogP contribution in [0.5, 0.6) is 0 Å². The van der Waals surface area contributed by atoms with Crippen LogP contribution in [0.25, 0.3) is 0 Å². The van der Waals surface area contributed by atoms with Gasteiger partial charge in [-0.2, -0.15) is 13.2 Å². The van der Waals surface area contributed by atoms with Gasteiger partial charge in [-0.15, -0.1) is 0 Å². The largest absolute Gasteiger partial charge is 0.417 e. The summed E-state index contributed by atoms with van der Waals surface area (Å²) < 4.78 is 51.0. The normalized spacial score (nSPS) is 17.2. The number of benzene rings is 1. The van der Waals surface area contributed by atoms with Crippen molar-refractivity contribution >= 4 is 29.0 Å². The number of alkyl halides is 3. The van der Waals surface area contributed by atoms with E-state index in [1.807, 2.05) is 0 Å². The first-order valence-corrected chi connectivity index (χ1v) is 8.78. The van der Waals surface area contributed by atoms with Crippen LogP contribution in [0.4, 0.5) is 24.7 Å². The van der Waals surface area contributed by atoms with E-state index >= 15 is 0 Å². The minimum Gasteiger partial charge on any atom is -0.376 e. The lowest BCUT2D eigenvalue weighted by atomic mass is 10.1. The summed E-state index contributed by atoms with van der Waals surface area (Å²) in [5, 5.41) is 5.60. The van der Waals surface area contributed by atoms with E-state index in [0.717, 1.165) is 12.3 Å². The van der Waals surface area contributed by atoms with Gasteiger partial charge in [0.1, 0.15) is 5.82 Å². The quantitative estimate of drug-likeness (QED) is 0.780. The third-order valence-electron chi connectivity index (χ3n) is 3.93. The average Bonchev–Trinajstić information content (AvgIpc) is 2.66. The fourth-order valence-electron chi connectivity index (χ4n) is 2.61. The summed E-state index contributed by atoms with van der Waals surface area (Å²) in [5.41, 5.74) is -1.19. The highest BCUT2D eigenvalue weighted by atomic mass is 35.5. The molecule has 1 aromatic heterocycles. The minimum absolute atomic E-state index is 0.0403. The van der Waals surface area contributed by atoms with Gasteiger partial charge in [-0.25, -0.2) is 4.98 Å². The maximum absolute atomic E-state index is 13.5. The molecule has 1 aliphatic heterocycles. The molecule has 0 saturated carbocycles. The predicted molar refractivity (Wildman–Crippen MR) is 96.9 cm³/mol. The van der Waals surface area contributed by atoms with Crippen LogP contribution in [-0.2, 0) is 15.7 Å². The number of aromatic nitrogens is 1. The van der Waals surface area contributed by atoms with Gasteiger partial charge in [0.2, 0.25) is 0 Å². The molecule has 28 heavy (non-hydrogen) atoms. The molecule has 150 valence electrons. The number of pyridine rings is 1. The van der Waals surface area contributed by atoms with E-state index in [1.165, 1.54) is 0 Å². The molecule has 1 unspecified atom stereocenters. The van der Waals surface area contributed by atoms with Crippen molar-refractivity contribution in [3.63, 3.8) is 0 Å². The van der Waals surface area contributed by atoms with E-state index in [1.54, 1.807) is 24.3 Å². The molecule has 0 aliphatic carbocycles. The van der Waals surface area contributed by atoms with Crippen LogP contribution in [0, 0.1) is 0 Å². The highest BCUT2D eigenvalue weighted by Gasteiger charge is 2.36. The Morgan fingerprint density at radius 2 is 2.11 bits per heavy atom. The third-order valence-corrected chi connectivity index (χ3v) is 4.16. The van der Waals surface area contributed by atoms with Gasteiger partial charge >= 0.3 is 6.18 Å². The standard InChI is InChI=1S/C18H17ClF3N3O3/c19-11-2-1-3-12(6-11)25-16-7-15(18(20,21)22)14(9-23-16)17(26)24-8-13-10-27-4-5-28-13/h1-3,6-7,9,13H,4-5,8,10H2,(H,23,25)(H,24,26). The Balaban J connectivity index is 1.77. The van der Waals surface area contributed by atoms with Crippen molar-refractivity contribution in [3.05, 3.63) is 52.7 Å². The summed E-state index contributed by atoms with van der Waals surface area (Å²) in [6, 6.07) is 7.25. The summed E-state index contributed by atoms with van der Waals surface area (Å²) in [6.07, 6.45) is -4.24. The van der Waals surface area contributed by atoms with Gasteiger partial charge in [-0.05, 0) is 24.3 Å². The number of carbonyl (C=O) groups is 1. The molecule has 1 aromatic carbocycles. The van der Waals surface area contributed by atoms with Crippen LogP contribution in [-0.4, -0.2) is 43.4 Å². The second-order valence-electron chi connectivity index (χ2n) is 6.03. The molecule has 1 aliphatic rings. The van der Waals surface area contributed by atoms with Crippen LogP contribution in [0.1, 0.15) is 15.9 Å². The lowest BCUT2D eigenvalue weighted by Crippen LogP contribution is -2.40. The lowest BCUT2D eigenvalue weighted by Gasteiger charge is -2.23. The Kier molecular flexibility index (Phi) is 6.38. The molecule has 1 amide bonds. The van der Waals surface area contributed by atoms with E-state index in [-0.39, 0.29) is 19.0 Å². The molecule has 0 spiro atoms. The fourth-order valence-corrected chi connectivity index (χ4v) is 2.80. The van der Waals surface area contributed by atoms with Crippen LogP contribution in [0.3, 0.4) is 0 Å². The Bertz CT molecular complexity index is 842. The first-order chi connectivity index (χ1) is 13.3. The van der Waals surface area contributed by atoms with Gasteiger partial charge in [0.05, 0.1) is 37.1 Å². The second kappa shape index (κ2) is 8.76. The highest BCUT2D eigenvalue weighted by molar-refractivity contribution is 6.30. The summed E-state index contributed by atoms with van der Waals surface area (Å²) in [5.74, 6) is -0.946. The van der Waals surface area contributed by atoms with E-state index < -0.39 is 29.3 Å². The minimum atomic E-state index is -4.73. The summed E-state index contributed by atoms with van der Waals surface area (Å²) >= 11 is 5.87. The van der Waals surface area contributed by atoms with E-state index in [0.29, 0.717) is 23.9 Å². The zero-order valence-electron chi connectivity index (χ0n) is 14.6. The number of anilines is 2. The van der Waals surface area contributed by atoms with Gasteiger partial charge in [0, 0.05) is 23.5 Å². The van der Waals surface area contributed by atoms with Gasteiger partial charge in [0.15, 0.2) is 0 Å². The Morgan fingerprint density at radius 3 is 2.79 bits per heavy atom. The highest BCUT2D eigenvalue weighted by Crippen LogP contribution is 2.33. The smallest absolute Gasteiger partial charge is 0.376 e. The predicted octanol–water partition coefficient (Wildman–Crippen LogP) is 3.64. The molecular weight excluding hydrogens is 399 g/mol. The van der Waals surface area contributed by atoms with Gasteiger partial charge in [0.25, 0.3) is 5.91 Å². The Labute approximate surface area is 164 Å². The second-order valence-corrected chi connectivity index (χ2v) is 6.46. The molecule has 0 radical (unpaired) electrons. The lowest BCUT2D eigenvalue weighted by molar-refractivity contribution is -0.138. The number of rotatable bonds is 5. The summed E-state index contributed by atoms with van der Waals surface area (Å²) in [4.78, 5) is 16.2. The number of amides is 1. The molecule has 2 heterocycles. The van der Waals surface area contributed by atoms with Crippen molar-refractivity contribution in [2.45, 2.75) is 12.3 Å². The summed E-state index contributed by atoms with van der Waals surface area (Å²) in [6.45, 7) is 1.14. The van der Waals surface area contributed by atoms with E-state index in [4.69, 9.17) is 21.1 Å². The van der Waals surface area contributed by atoms with E-state index in [2.05, 4.69) is 15.6 Å². The van der Waals surface area contributed by atoms with Crippen molar-refractivity contribution in [1.29, 1.82) is 0 Å². The fraction of sp³-hybridized carbons (Fsp3) is 0.333. The molecule has 1 fully saturated rings. The molecule has 6 nitrogen and oxygen atoms in total. The number of carbonyl (C=O) groups excluding carboxylic acids is 1. The first-order valence-electron chi connectivity index (χ1n) is 8.40. The third kappa shape index (κ3) is 5.34. The molecule has 1 saturated heterocycles. The molecule has 2 N–H and O–H groups in total.